The molecule has 0 saturated heterocycles. The Morgan fingerprint density at radius 1 is 0.362 bits per heavy atom. The zero-order valence-electron chi connectivity index (χ0n) is 34.3. The lowest BCUT2D eigenvalue weighted by Gasteiger charge is -2.28. The predicted molar refractivity (Wildman–Crippen MR) is 247 cm³/mol. The van der Waals surface area contributed by atoms with Crippen LogP contribution in [0.1, 0.15) is 112 Å². The molecule has 3 aliphatic carbocycles. The van der Waals surface area contributed by atoms with Crippen LogP contribution in [-0.4, -0.2) is 0 Å². The number of hydrogen-bond donors (Lipinski definition) is 0. The van der Waals surface area contributed by atoms with Crippen molar-refractivity contribution in [1.29, 1.82) is 0 Å². The molecule has 7 aromatic rings. The third kappa shape index (κ3) is 7.00. The summed E-state index contributed by atoms with van der Waals surface area (Å²) in [5, 5.41) is 0. The average molecular weight is 754 g/mol. The highest BCUT2D eigenvalue weighted by Crippen LogP contribution is 2.51. The van der Waals surface area contributed by atoms with Gasteiger partial charge in [-0.15, -0.1) is 0 Å². The first-order chi connectivity index (χ1) is 28.5. The van der Waals surface area contributed by atoms with Gasteiger partial charge in [-0.2, -0.15) is 0 Å². The van der Waals surface area contributed by atoms with E-state index in [9.17, 15) is 0 Å². The minimum atomic E-state index is -0.0747. The van der Waals surface area contributed by atoms with Crippen LogP contribution in [-0.2, 0) is 5.41 Å². The Kier molecular flexibility index (Phi) is 9.86. The maximum Gasteiger partial charge on any atom is 0.0465 e. The highest BCUT2D eigenvalue weighted by Gasteiger charge is 2.35. The molecule has 0 amide bonds. The Morgan fingerprint density at radius 2 is 0.724 bits per heavy atom. The van der Waals surface area contributed by atoms with Gasteiger partial charge in [-0.05, 0) is 141 Å². The SMILES string of the molecule is CC1(C)c2ccccc2-c2ccc(N(c3ccc(-c4ccc(-c5ccc(C6CCCCC6)cc5)cc4)cc3)c3ccc(-c4ccc(C5CCCCC5)cc4)cc3)cc21. The van der Waals surface area contributed by atoms with E-state index < -0.39 is 0 Å². The largest absolute Gasteiger partial charge is 0.310 e. The molecule has 58 heavy (non-hydrogen) atoms. The molecule has 3 aliphatic rings. The monoisotopic (exact) mass is 753 g/mol. The minimum absolute atomic E-state index is 0.0747. The molecular formula is C57H55N. The van der Waals surface area contributed by atoms with Crippen LogP contribution in [0.25, 0.3) is 44.5 Å². The molecular weight excluding hydrogens is 699 g/mol. The van der Waals surface area contributed by atoms with Crippen molar-refractivity contribution in [2.24, 2.45) is 0 Å². The smallest absolute Gasteiger partial charge is 0.0465 e. The fourth-order valence-electron chi connectivity index (χ4n) is 10.5. The van der Waals surface area contributed by atoms with E-state index >= 15 is 0 Å². The van der Waals surface area contributed by atoms with Crippen LogP contribution in [0.15, 0.2) is 164 Å². The number of benzene rings is 7. The minimum Gasteiger partial charge on any atom is -0.310 e. The van der Waals surface area contributed by atoms with E-state index in [1.54, 1.807) is 0 Å². The van der Waals surface area contributed by atoms with Gasteiger partial charge in [0.2, 0.25) is 0 Å². The summed E-state index contributed by atoms with van der Waals surface area (Å²) in [7, 11) is 0. The quantitative estimate of drug-likeness (QED) is 0.149. The van der Waals surface area contributed by atoms with Crippen molar-refractivity contribution < 1.29 is 0 Å². The Balaban J connectivity index is 0.945. The van der Waals surface area contributed by atoms with Crippen LogP contribution in [0.5, 0.6) is 0 Å². The fraction of sp³-hybridized carbons (Fsp3) is 0.263. The predicted octanol–water partition coefficient (Wildman–Crippen LogP) is 16.6. The van der Waals surface area contributed by atoms with Crippen molar-refractivity contribution in [2.75, 3.05) is 4.90 Å². The van der Waals surface area contributed by atoms with Gasteiger partial charge >= 0.3 is 0 Å². The van der Waals surface area contributed by atoms with E-state index in [-0.39, 0.29) is 5.41 Å². The highest BCUT2D eigenvalue weighted by molar-refractivity contribution is 5.86. The summed E-state index contributed by atoms with van der Waals surface area (Å²) in [5.41, 5.74) is 19.5. The van der Waals surface area contributed by atoms with Crippen molar-refractivity contribution in [3.05, 3.63) is 186 Å². The van der Waals surface area contributed by atoms with Crippen LogP contribution in [0.2, 0.25) is 0 Å². The Labute approximate surface area is 346 Å². The standard InChI is InChI=1S/C57H55N/c1-57(2)55-16-10-9-15-53(55)54-38-37-52(39-56(54)57)58(50-33-29-48(30-34-50)46-23-19-43(20-24-46)41-13-7-4-8-14-41)51-35-31-49(32-36-51)47-27-25-45(26-28-47)44-21-17-42(18-22-44)40-11-5-3-6-12-40/h9-10,15-41H,3-8,11-14H2,1-2H3. The molecule has 7 aromatic carbocycles. The summed E-state index contributed by atoms with van der Waals surface area (Å²) in [4.78, 5) is 2.43. The molecule has 0 radical (unpaired) electrons. The molecule has 2 fully saturated rings. The number of nitrogens with zero attached hydrogens (tertiary/aromatic N) is 1. The number of anilines is 3. The highest BCUT2D eigenvalue weighted by atomic mass is 15.1. The molecule has 0 atom stereocenters. The maximum absolute atomic E-state index is 2.43. The molecule has 0 heterocycles. The molecule has 1 nitrogen and oxygen atoms in total. The fourth-order valence-corrected chi connectivity index (χ4v) is 10.5. The van der Waals surface area contributed by atoms with E-state index in [1.807, 2.05) is 0 Å². The molecule has 10 rings (SSSR count). The number of fused-ring (bicyclic) bond motifs is 3. The van der Waals surface area contributed by atoms with Crippen molar-refractivity contribution in [3.8, 4) is 44.5 Å². The molecule has 2 saturated carbocycles. The molecule has 0 bridgehead atoms. The lowest BCUT2D eigenvalue weighted by molar-refractivity contribution is 0.443. The Bertz CT molecular complexity index is 2490. The molecule has 0 N–H and O–H groups in total. The van der Waals surface area contributed by atoms with E-state index in [0.29, 0.717) is 0 Å². The lowest BCUT2D eigenvalue weighted by Crippen LogP contribution is -2.16. The molecule has 1 heteroatoms. The number of hydrogen-bond acceptors (Lipinski definition) is 1. The van der Waals surface area contributed by atoms with Gasteiger partial charge in [0.1, 0.15) is 0 Å². The number of rotatable bonds is 8. The van der Waals surface area contributed by atoms with E-state index in [4.69, 9.17) is 0 Å². The van der Waals surface area contributed by atoms with Crippen LogP contribution in [0.4, 0.5) is 17.1 Å². The van der Waals surface area contributed by atoms with E-state index in [1.165, 1.54) is 137 Å². The second-order valence-electron chi connectivity index (χ2n) is 17.8. The second-order valence-corrected chi connectivity index (χ2v) is 17.8. The van der Waals surface area contributed by atoms with Gasteiger partial charge in [0, 0.05) is 22.5 Å². The zero-order chi connectivity index (χ0) is 39.1. The van der Waals surface area contributed by atoms with Crippen molar-refractivity contribution in [2.45, 2.75) is 95.3 Å². The summed E-state index contributed by atoms with van der Waals surface area (Å²) in [5.74, 6) is 1.46. The van der Waals surface area contributed by atoms with E-state index in [2.05, 4.69) is 183 Å². The molecule has 0 aliphatic heterocycles. The summed E-state index contributed by atoms with van der Waals surface area (Å²) < 4.78 is 0. The van der Waals surface area contributed by atoms with Gasteiger partial charge in [0.05, 0.1) is 0 Å². The van der Waals surface area contributed by atoms with Gasteiger partial charge in [0.25, 0.3) is 0 Å². The zero-order valence-corrected chi connectivity index (χ0v) is 34.3. The summed E-state index contributed by atoms with van der Waals surface area (Å²) in [6, 6.07) is 62.2. The first-order valence-electron chi connectivity index (χ1n) is 22.1. The average Bonchev–Trinajstić information content (AvgIpc) is 3.53. The second kappa shape index (κ2) is 15.6. The Morgan fingerprint density at radius 3 is 1.17 bits per heavy atom. The van der Waals surface area contributed by atoms with Gasteiger partial charge in [-0.25, -0.2) is 0 Å². The van der Waals surface area contributed by atoms with Crippen LogP contribution < -0.4 is 4.90 Å². The van der Waals surface area contributed by atoms with Crippen LogP contribution in [0, 0.1) is 0 Å². The van der Waals surface area contributed by atoms with Crippen LogP contribution >= 0.6 is 0 Å². The first kappa shape index (κ1) is 36.7. The summed E-state index contributed by atoms with van der Waals surface area (Å²) >= 11 is 0. The molecule has 0 spiro atoms. The lowest BCUT2D eigenvalue weighted by atomic mass is 9.82. The molecule has 288 valence electrons. The molecule has 0 unspecified atom stereocenters. The normalized spacial score (nSPS) is 16.4. The van der Waals surface area contributed by atoms with E-state index in [0.717, 1.165) is 23.2 Å². The third-order valence-corrected chi connectivity index (χ3v) is 13.9. The summed E-state index contributed by atoms with van der Waals surface area (Å²) in [6.07, 6.45) is 13.6. The van der Waals surface area contributed by atoms with Gasteiger partial charge < -0.3 is 4.90 Å². The summed E-state index contributed by atoms with van der Waals surface area (Å²) in [6.45, 7) is 4.74. The molecule has 0 aromatic heterocycles. The van der Waals surface area contributed by atoms with Crippen molar-refractivity contribution >= 4 is 17.1 Å². The first-order valence-corrected chi connectivity index (χ1v) is 22.1. The Hall–Kier alpha value is -5.66. The van der Waals surface area contributed by atoms with Gasteiger partial charge in [0.15, 0.2) is 0 Å². The van der Waals surface area contributed by atoms with Crippen molar-refractivity contribution in [3.63, 3.8) is 0 Å². The topological polar surface area (TPSA) is 3.24 Å². The maximum atomic E-state index is 2.43. The van der Waals surface area contributed by atoms with Gasteiger partial charge in [-0.1, -0.05) is 180 Å². The van der Waals surface area contributed by atoms with Crippen LogP contribution in [0.3, 0.4) is 0 Å². The van der Waals surface area contributed by atoms with Crippen molar-refractivity contribution in [1.82, 2.24) is 0 Å². The third-order valence-electron chi connectivity index (χ3n) is 13.9. The van der Waals surface area contributed by atoms with Gasteiger partial charge in [-0.3, -0.25) is 0 Å².